The zero-order chi connectivity index (χ0) is 22.8. The van der Waals surface area contributed by atoms with Gasteiger partial charge in [-0.2, -0.15) is 0 Å². The van der Waals surface area contributed by atoms with Gasteiger partial charge in [0.25, 0.3) is 11.8 Å². The number of carbonyl (C=O) groups excluding carboxylic acids is 4. The lowest BCUT2D eigenvalue weighted by atomic mass is 10.2. The molecule has 9 heteroatoms. The number of hydrogen-bond acceptors (Lipinski definition) is 7. The van der Waals surface area contributed by atoms with Crippen LogP contribution in [0, 0.1) is 0 Å². The minimum absolute atomic E-state index is 0.0740. The average molecular weight is 464 g/mol. The number of carboxylic acids is 1. The fraction of sp³-hybridized carbons (Fsp3) is 0.0870. The molecule has 2 fully saturated rings. The summed E-state index contributed by atoms with van der Waals surface area (Å²) in [4.78, 5) is 51.9. The molecule has 32 heavy (non-hydrogen) atoms. The highest BCUT2D eigenvalue weighted by Gasteiger charge is 2.48. The monoisotopic (exact) mass is 463 g/mol. The Morgan fingerprint density at radius 1 is 1.06 bits per heavy atom. The normalized spacial score (nSPS) is 20.2. The van der Waals surface area contributed by atoms with Crippen molar-refractivity contribution < 1.29 is 24.3 Å². The van der Waals surface area contributed by atoms with Gasteiger partial charge in [0.15, 0.2) is 0 Å². The number of benzene rings is 2. The van der Waals surface area contributed by atoms with E-state index < -0.39 is 29.7 Å². The molecule has 0 N–H and O–H groups in total. The van der Waals surface area contributed by atoms with Crippen LogP contribution in [-0.2, 0) is 14.4 Å². The molecule has 1 unspecified atom stereocenters. The summed E-state index contributed by atoms with van der Waals surface area (Å²) in [5.74, 6) is -2.88. The molecule has 0 aromatic heterocycles. The maximum atomic E-state index is 13.0. The third-order valence-corrected chi connectivity index (χ3v) is 6.30. The predicted molar refractivity (Wildman–Crippen MR) is 122 cm³/mol. The fourth-order valence-electron chi connectivity index (χ4n) is 3.41. The SMILES string of the molecule is O=C([O-])c1ccc(N2C(=O)CC(N3C(=O)C(=CC=Cc4ccccc4)SC3=S)C2=O)cc1. The Kier molecular flexibility index (Phi) is 6.02. The summed E-state index contributed by atoms with van der Waals surface area (Å²) in [5, 5.41) is 10.9. The van der Waals surface area contributed by atoms with Crippen molar-refractivity contribution >= 4 is 63.8 Å². The Morgan fingerprint density at radius 2 is 1.75 bits per heavy atom. The summed E-state index contributed by atoms with van der Waals surface area (Å²) in [6.45, 7) is 0. The molecule has 160 valence electrons. The molecule has 2 aliphatic rings. The number of thioether (sulfide) groups is 1. The second-order valence-electron chi connectivity index (χ2n) is 6.97. The van der Waals surface area contributed by atoms with Gasteiger partial charge in [-0.1, -0.05) is 78.6 Å². The van der Waals surface area contributed by atoms with Crippen molar-refractivity contribution in [2.24, 2.45) is 0 Å². The highest BCUT2D eigenvalue weighted by atomic mass is 32.2. The van der Waals surface area contributed by atoms with Crippen LogP contribution in [-0.4, -0.2) is 39.0 Å². The molecule has 0 radical (unpaired) electrons. The van der Waals surface area contributed by atoms with Crippen LogP contribution >= 0.6 is 24.0 Å². The lowest BCUT2D eigenvalue weighted by Crippen LogP contribution is -2.44. The van der Waals surface area contributed by atoms with Gasteiger partial charge in [-0.15, -0.1) is 0 Å². The molecule has 0 aliphatic carbocycles. The molecule has 2 aromatic rings. The van der Waals surface area contributed by atoms with Crippen molar-refractivity contribution in [1.29, 1.82) is 0 Å². The first-order valence-corrected chi connectivity index (χ1v) is 10.8. The second-order valence-corrected chi connectivity index (χ2v) is 8.64. The van der Waals surface area contributed by atoms with Crippen molar-refractivity contribution in [2.75, 3.05) is 4.90 Å². The van der Waals surface area contributed by atoms with Crippen molar-refractivity contribution in [3.8, 4) is 0 Å². The molecule has 2 heterocycles. The molecule has 0 saturated carbocycles. The number of aromatic carboxylic acids is 1. The van der Waals surface area contributed by atoms with E-state index in [-0.39, 0.29) is 22.0 Å². The van der Waals surface area contributed by atoms with Gasteiger partial charge >= 0.3 is 0 Å². The van der Waals surface area contributed by atoms with Crippen LogP contribution in [0.5, 0.6) is 0 Å². The molecule has 0 spiro atoms. The van der Waals surface area contributed by atoms with Crippen LogP contribution in [0.3, 0.4) is 0 Å². The Morgan fingerprint density at radius 3 is 2.41 bits per heavy atom. The van der Waals surface area contributed by atoms with Crippen LogP contribution in [0.25, 0.3) is 6.08 Å². The van der Waals surface area contributed by atoms with Gasteiger partial charge in [-0.25, -0.2) is 4.90 Å². The average Bonchev–Trinajstić information content (AvgIpc) is 3.22. The van der Waals surface area contributed by atoms with E-state index in [4.69, 9.17) is 12.2 Å². The van der Waals surface area contributed by atoms with E-state index >= 15 is 0 Å². The summed E-state index contributed by atoms with van der Waals surface area (Å²) in [6, 6.07) is 13.7. The first kappa shape index (κ1) is 21.7. The number of rotatable bonds is 5. The van der Waals surface area contributed by atoms with E-state index in [0.29, 0.717) is 4.91 Å². The highest BCUT2D eigenvalue weighted by Crippen LogP contribution is 2.36. The van der Waals surface area contributed by atoms with Crippen LogP contribution in [0.4, 0.5) is 5.69 Å². The molecular formula is C23H15N2O5S2-. The molecule has 2 aliphatic heterocycles. The molecule has 7 nitrogen and oxygen atoms in total. The smallest absolute Gasteiger partial charge is 0.266 e. The molecule has 4 rings (SSSR count). The minimum atomic E-state index is -1.36. The van der Waals surface area contributed by atoms with Crippen LogP contribution in [0.2, 0.25) is 0 Å². The highest BCUT2D eigenvalue weighted by molar-refractivity contribution is 8.26. The van der Waals surface area contributed by atoms with Crippen molar-refractivity contribution in [2.45, 2.75) is 12.5 Å². The first-order valence-electron chi connectivity index (χ1n) is 9.54. The van der Waals surface area contributed by atoms with E-state index in [2.05, 4.69) is 0 Å². The summed E-state index contributed by atoms with van der Waals surface area (Å²) >= 11 is 6.39. The number of amides is 3. The maximum absolute atomic E-state index is 13.0. The van der Waals surface area contributed by atoms with Crippen LogP contribution in [0.15, 0.2) is 71.7 Å². The van der Waals surface area contributed by atoms with Gasteiger partial charge in [-0.05, 0) is 29.3 Å². The van der Waals surface area contributed by atoms with E-state index in [0.717, 1.165) is 22.2 Å². The largest absolute Gasteiger partial charge is 0.545 e. The van der Waals surface area contributed by atoms with Gasteiger partial charge in [0.1, 0.15) is 10.4 Å². The number of anilines is 1. The van der Waals surface area contributed by atoms with Crippen LogP contribution < -0.4 is 10.0 Å². The Labute approximate surface area is 193 Å². The van der Waals surface area contributed by atoms with E-state index in [1.807, 2.05) is 36.4 Å². The number of carboxylic acid groups (broad SMARTS) is 1. The molecule has 2 saturated heterocycles. The molecule has 3 amide bonds. The lowest BCUT2D eigenvalue weighted by Gasteiger charge is -2.21. The molecule has 2 aromatic carbocycles. The number of carbonyl (C=O) groups is 4. The number of hydrogen-bond donors (Lipinski definition) is 0. The molecule has 0 bridgehead atoms. The summed E-state index contributed by atoms with van der Waals surface area (Å²) in [7, 11) is 0. The van der Waals surface area contributed by atoms with Gasteiger partial charge in [0, 0.05) is 0 Å². The van der Waals surface area contributed by atoms with Gasteiger partial charge in [0.05, 0.1) is 23.0 Å². The third-order valence-electron chi connectivity index (χ3n) is 4.96. The zero-order valence-electron chi connectivity index (χ0n) is 16.5. The van der Waals surface area contributed by atoms with Gasteiger partial charge in [-0.3, -0.25) is 19.3 Å². The molecule has 1 atom stereocenters. The van der Waals surface area contributed by atoms with E-state index in [1.54, 1.807) is 12.2 Å². The lowest BCUT2D eigenvalue weighted by molar-refractivity contribution is -0.255. The third kappa shape index (κ3) is 4.12. The topological polar surface area (TPSA) is 97.8 Å². The Bertz CT molecular complexity index is 1190. The minimum Gasteiger partial charge on any atom is -0.545 e. The quantitative estimate of drug-likeness (QED) is 0.381. The Balaban J connectivity index is 1.52. The standard InChI is InChI=1S/C23H16N2O5S2/c26-19-13-17(20(27)24(19)16-11-9-15(10-12-16)22(29)30)25-21(28)18(32-23(25)31)8-4-7-14-5-2-1-3-6-14/h1-12,17H,13H2,(H,29,30)/p-1. The second kappa shape index (κ2) is 8.89. The van der Waals surface area contributed by atoms with Crippen LogP contribution in [0.1, 0.15) is 22.3 Å². The fourth-order valence-corrected chi connectivity index (χ4v) is 4.72. The summed E-state index contributed by atoms with van der Waals surface area (Å²) < 4.78 is 0.203. The maximum Gasteiger partial charge on any atom is 0.266 e. The van der Waals surface area contributed by atoms with Gasteiger partial charge in [0.2, 0.25) is 5.91 Å². The van der Waals surface area contributed by atoms with Crippen molar-refractivity contribution in [1.82, 2.24) is 4.90 Å². The van der Waals surface area contributed by atoms with E-state index in [1.165, 1.54) is 29.2 Å². The summed E-state index contributed by atoms with van der Waals surface area (Å²) in [5.41, 5.74) is 1.12. The summed E-state index contributed by atoms with van der Waals surface area (Å²) in [6.07, 6.45) is 4.99. The number of thiocarbonyl (C=S) groups is 1. The zero-order valence-corrected chi connectivity index (χ0v) is 18.1. The number of nitrogens with zero attached hydrogens (tertiary/aromatic N) is 2. The number of imide groups is 1. The predicted octanol–water partition coefficient (Wildman–Crippen LogP) is 2.14. The van der Waals surface area contributed by atoms with Crippen molar-refractivity contribution in [3.05, 3.63) is 82.8 Å². The van der Waals surface area contributed by atoms with E-state index in [9.17, 15) is 24.3 Å². The molecular weight excluding hydrogens is 448 g/mol. The van der Waals surface area contributed by atoms with Gasteiger partial charge < -0.3 is 9.90 Å². The number of allylic oxidation sites excluding steroid dienone is 2. The van der Waals surface area contributed by atoms with Crippen molar-refractivity contribution in [3.63, 3.8) is 0 Å². The first-order chi connectivity index (χ1) is 15.4. The Hall–Kier alpha value is -3.56.